The Morgan fingerprint density at radius 3 is 2.61 bits per heavy atom. The molecule has 23 heavy (non-hydrogen) atoms. The van der Waals surface area contributed by atoms with Crippen LogP contribution in [0.15, 0.2) is 23.1 Å². The second-order valence-electron chi connectivity index (χ2n) is 6.46. The van der Waals surface area contributed by atoms with Crippen molar-refractivity contribution in [1.82, 2.24) is 4.90 Å². The molecule has 0 aromatic heterocycles. The normalized spacial score (nSPS) is 21.4. The fourth-order valence-corrected chi connectivity index (χ4v) is 4.04. The second-order valence-corrected chi connectivity index (χ2v) is 8.02. The number of hydrogen-bond donors (Lipinski definition) is 1. The summed E-state index contributed by atoms with van der Waals surface area (Å²) in [7, 11) is -3.69. The maximum atomic E-state index is 12.5. The van der Waals surface area contributed by atoms with Crippen LogP contribution in [-0.2, 0) is 21.2 Å². The fourth-order valence-electron chi connectivity index (χ4n) is 3.48. The Bertz CT molecular complexity index is 711. The van der Waals surface area contributed by atoms with Gasteiger partial charge in [0.15, 0.2) is 0 Å². The monoisotopic (exact) mass is 337 g/mol. The van der Waals surface area contributed by atoms with Gasteiger partial charge < -0.3 is 9.80 Å². The van der Waals surface area contributed by atoms with Crippen molar-refractivity contribution in [2.24, 2.45) is 5.14 Å². The van der Waals surface area contributed by atoms with Gasteiger partial charge in [-0.2, -0.15) is 0 Å². The minimum Gasteiger partial charge on any atom is -0.359 e. The lowest BCUT2D eigenvalue weighted by atomic mass is 10.1. The van der Waals surface area contributed by atoms with E-state index >= 15 is 0 Å². The highest BCUT2D eigenvalue weighted by Crippen LogP contribution is 2.33. The van der Waals surface area contributed by atoms with Gasteiger partial charge in [-0.1, -0.05) is 0 Å². The SMILES string of the molecule is C[C@H]1Cc2cc(S(N)(=O)=O)ccc2N1CC(=O)N1CCCCC1. The molecule has 1 atom stereocenters. The fraction of sp³-hybridized carbons (Fsp3) is 0.562. The van der Waals surface area contributed by atoms with Gasteiger partial charge >= 0.3 is 0 Å². The average molecular weight is 337 g/mol. The number of amides is 1. The first-order valence-corrected chi connectivity index (χ1v) is 9.61. The van der Waals surface area contributed by atoms with Gasteiger partial charge in [0.25, 0.3) is 0 Å². The van der Waals surface area contributed by atoms with Crippen LogP contribution in [0.1, 0.15) is 31.7 Å². The van der Waals surface area contributed by atoms with Gasteiger partial charge in [-0.05, 0) is 56.4 Å². The zero-order valence-electron chi connectivity index (χ0n) is 13.4. The number of sulfonamides is 1. The van der Waals surface area contributed by atoms with Crippen LogP contribution in [0.25, 0.3) is 0 Å². The second kappa shape index (κ2) is 6.13. The molecule has 0 aliphatic carbocycles. The number of piperidine rings is 1. The summed E-state index contributed by atoms with van der Waals surface area (Å²) in [4.78, 5) is 16.6. The number of fused-ring (bicyclic) bond motifs is 1. The standard InChI is InChI=1S/C16H23N3O3S/c1-12-9-13-10-14(23(17,21)22)5-6-15(13)19(12)11-16(20)18-7-3-2-4-8-18/h5-6,10,12H,2-4,7-9,11H2,1H3,(H2,17,21,22)/t12-/m0/s1. The third-order valence-electron chi connectivity index (χ3n) is 4.75. The Morgan fingerprint density at radius 2 is 1.96 bits per heavy atom. The molecular formula is C16H23N3O3S. The van der Waals surface area contributed by atoms with Crippen molar-refractivity contribution in [2.75, 3.05) is 24.5 Å². The number of nitrogens with zero attached hydrogens (tertiary/aromatic N) is 2. The molecule has 0 bridgehead atoms. The molecule has 0 unspecified atom stereocenters. The van der Waals surface area contributed by atoms with Crippen LogP contribution in [0.3, 0.4) is 0 Å². The zero-order chi connectivity index (χ0) is 16.6. The van der Waals surface area contributed by atoms with E-state index in [0.717, 1.165) is 43.6 Å². The molecule has 7 heteroatoms. The van der Waals surface area contributed by atoms with Crippen molar-refractivity contribution in [3.63, 3.8) is 0 Å². The number of rotatable bonds is 3. The molecule has 2 aliphatic rings. The topological polar surface area (TPSA) is 83.7 Å². The van der Waals surface area contributed by atoms with Crippen molar-refractivity contribution in [3.05, 3.63) is 23.8 Å². The minimum atomic E-state index is -3.69. The molecule has 1 aromatic carbocycles. The molecule has 6 nitrogen and oxygen atoms in total. The molecule has 2 heterocycles. The van der Waals surface area contributed by atoms with Crippen LogP contribution in [0.4, 0.5) is 5.69 Å². The van der Waals surface area contributed by atoms with Crippen LogP contribution in [0.5, 0.6) is 0 Å². The molecule has 1 aromatic rings. The van der Waals surface area contributed by atoms with Crippen molar-refractivity contribution < 1.29 is 13.2 Å². The highest BCUT2D eigenvalue weighted by molar-refractivity contribution is 7.89. The summed E-state index contributed by atoms with van der Waals surface area (Å²) in [6.07, 6.45) is 4.08. The van der Waals surface area contributed by atoms with Crippen LogP contribution in [0.2, 0.25) is 0 Å². The predicted molar refractivity (Wildman–Crippen MR) is 88.8 cm³/mol. The van der Waals surface area contributed by atoms with E-state index in [2.05, 4.69) is 11.8 Å². The van der Waals surface area contributed by atoms with Crippen LogP contribution in [0, 0.1) is 0 Å². The summed E-state index contributed by atoms with van der Waals surface area (Å²) >= 11 is 0. The summed E-state index contributed by atoms with van der Waals surface area (Å²) in [6, 6.07) is 5.09. The number of likely N-dealkylation sites (tertiary alicyclic amines) is 1. The molecule has 0 radical (unpaired) electrons. The highest BCUT2D eigenvalue weighted by atomic mass is 32.2. The predicted octanol–water partition coefficient (Wildman–Crippen LogP) is 1.10. The first-order chi connectivity index (χ1) is 10.9. The lowest BCUT2D eigenvalue weighted by Crippen LogP contribution is -2.44. The molecule has 1 fully saturated rings. The molecule has 2 N–H and O–H groups in total. The molecule has 126 valence electrons. The quantitative estimate of drug-likeness (QED) is 0.895. The first kappa shape index (κ1) is 16.3. The van der Waals surface area contributed by atoms with Gasteiger partial charge in [0.1, 0.15) is 0 Å². The third-order valence-corrected chi connectivity index (χ3v) is 5.66. The summed E-state index contributed by atoms with van der Waals surface area (Å²) in [6.45, 7) is 4.10. The van der Waals surface area contributed by atoms with Crippen molar-refractivity contribution in [1.29, 1.82) is 0 Å². The number of anilines is 1. The van der Waals surface area contributed by atoms with Gasteiger partial charge in [-0.15, -0.1) is 0 Å². The van der Waals surface area contributed by atoms with Crippen LogP contribution in [-0.4, -0.2) is 44.9 Å². The average Bonchev–Trinajstić information content (AvgIpc) is 2.82. The Labute approximate surface area is 137 Å². The molecule has 3 rings (SSSR count). The number of benzene rings is 1. The largest absolute Gasteiger partial charge is 0.359 e. The number of carbonyl (C=O) groups excluding carboxylic acids is 1. The molecule has 1 saturated heterocycles. The van der Waals surface area contributed by atoms with Crippen molar-refractivity contribution in [2.45, 2.75) is 43.5 Å². The molecular weight excluding hydrogens is 314 g/mol. The van der Waals surface area contributed by atoms with E-state index in [1.807, 2.05) is 4.90 Å². The maximum Gasteiger partial charge on any atom is 0.242 e. The summed E-state index contributed by atoms with van der Waals surface area (Å²) in [5.41, 5.74) is 1.88. The van der Waals surface area contributed by atoms with E-state index in [1.165, 1.54) is 12.5 Å². The van der Waals surface area contributed by atoms with Crippen molar-refractivity contribution >= 4 is 21.6 Å². The zero-order valence-corrected chi connectivity index (χ0v) is 14.2. The number of hydrogen-bond acceptors (Lipinski definition) is 4. The van der Waals surface area contributed by atoms with E-state index in [4.69, 9.17) is 5.14 Å². The molecule has 0 spiro atoms. The van der Waals surface area contributed by atoms with Gasteiger partial charge in [-0.3, -0.25) is 4.79 Å². The third kappa shape index (κ3) is 3.35. The molecule has 0 saturated carbocycles. The van der Waals surface area contributed by atoms with Gasteiger partial charge in [-0.25, -0.2) is 13.6 Å². The van der Waals surface area contributed by atoms with Crippen molar-refractivity contribution in [3.8, 4) is 0 Å². The molecule has 1 amide bonds. The maximum absolute atomic E-state index is 12.5. The lowest BCUT2D eigenvalue weighted by molar-refractivity contribution is -0.130. The highest BCUT2D eigenvalue weighted by Gasteiger charge is 2.30. The van der Waals surface area contributed by atoms with Gasteiger partial charge in [0, 0.05) is 24.8 Å². The Balaban J connectivity index is 1.79. The Morgan fingerprint density at radius 1 is 1.26 bits per heavy atom. The van der Waals surface area contributed by atoms with Gasteiger partial charge in [0.2, 0.25) is 15.9 Å². The summed E-state index contributed by atoms with van der Waals surface area (Å²) in [5.74, 6) is 0.153. The number of primary sulfonamides is 1. The summed E-state index contributed by atoms with van der Waals surface area (Å²) < 4.78 is 23.0. The first-order valence-electron chi connectivity index (χ1n) is 8.06. The van der Waals surface area contributed by atoms with E-state index in [1.54, 1.807) is 12.1 Å². The van der Waals surface area contributed by atoms with E-state index in [-0.39, 0.29) is 16.8 Å². The number of carbonyl (C=O) groups is 1. The number of nitrogens with two attached hydrogens (primary N) is 1. The van der Waals surface area contributed by atoms with E-state index in [0.29, 0.717) is 6.54 Å². The minimum absolute atomic E-state index is 0.132. The van der Waals surface area contributed by atoms with Crippen LogP contribution < -0.4 is 10.0 Å². The smallest absolute Gasteiger partial charge is 0.242 e. The van der Waals surface area contributed by atoms with E-state index < -0.39 is 10.0 Å². The van der Waals surface area contributed by atoms with E-state index in [9.17, 15) is 13.2 Å². The molecule has 2 aliphatic heterocycles. The van der Waals surface area contributed by atoms with Crippen LogP contribution >= 0.6 is 0 Å². The Hall–Kier alpha value is -1.60. The van der Waals surface area contributed by atoms with Gasteiger partial charge in [0.05, 0.1) is 11.4 Å². The Kier molecular flexibility index (Phi) is 4.33. The summed E-state index contributed by atoms with van der Waals surface area (Å²) in [5, 5.41) is 5.20. The lowest BCUT2D eigenvalue weighted by Gasteiger charge is -2.31.